The molecule has 1 saturated heterocycles. The minimum atomic E-state index is -0.118. The van der Waals surface area contributed by atoms with E-state index in [4.69, 9.17) is 11.6 Å². The number of hydrogen-bond acceptors (Lipinski definition) is 3. The van der Waals surface area contributed by atoms with Gasteiger partial charge in [0.15, 0.2) is 0 Å². The molecule has 0 spiro atoms. The van der Waals surface area contributed by atoms with Crippen LogP contribution >= 0.6 is 11.6 Å². The Hall–Kier alpha value is -1.95. The molecule has 1 aliphatic rings. The van der Waals surface area contributed by atoms with E-state index >= 15 is 0 Å². The minimum absolute atomic E-state index is 0.0189. The van der Waals surface area contributed by atoms with Gasteiger partial charge in [-0.25, -0.2) is 4.79 Å². The summed E-state index contributed by atoms with van der Waals surface area (Å²) in [6, 6.07) is 5.20. The van der Waals surface area contributed by atoms with Crippen molar-refractivity contribution in [2.45, 2.75) is 13.8 Å². The second kappa shape index (κ2) is 7.35. The van der Waals surface area contributed by atoms with E-state index in [2.05, 4.69) is 10.6 Å². The molecule has 2 N–H and O–H groups in total. The molecule has 0 aromatic heterocycles. The Morgan fingerprint density at radius 3 is 2.73 bits per heavy atom. The van der Waals surface area contributed by atoms with Crippen LogP contribution in [0.3, 0.4) is 0 Å². The third kappa shape index (κ3) is 3.62. The number of urea groups is 1. The quantitative estimate of drug-likeness (QED) is 0.842. The number of anilines is 2. The molecular formula is C15H21ClN4O2. The van der Waals surface area contributed by atoms with Gasteiger partial charge in [0, 0.05) is 31.9 Å². The highest BCUT2D eigenvalue weighted by Crippen LogP contribution is 2.28. The van der Waals surface area contributed by atoms with Crippen LogP contribution in [0.4, 0.5) is 16.2 Å². The van der Waals surface area contributed by atoms with Crippen molar-refractivity contribution in [3.8, 4) is 0 Å². The van der Waals surface area contributed by atoms with Gasteiger partial charge in [-0.1, -0.05) is 11.6 Å². The number of hydrogen-bond donors (Lipinski definition) is 2. The molecule has 22 heavy (non-hydrogen) atoms. The highest BCUT2D eigenvalue weighted by molar-refractivity contribution is 6.33. The lowest BCUT2D eigenvalue weighted by atomic mass is 10.2. The van der Waals surface area contributed by atoms with E-state index in [0.717, 1.165) is 5.69 Å². The summed E-state index contributed by atoms with van der Waals surface area (Å²) in [5.74, 6) is 0.0189. The maximum absolute atomic E-state index is 12.0. The summed E-state index contributed by atoms with van der Waals surface area (Å²) in [5, 5.41) is 6.34. The summed E-state index contributed by atoms with van der Waals surface area (Å²) in [7, 11) is 0. The van der Waals surface area contributed by atoms with Gasteiger partial charge >= 0.3 is 6.03 Å². The van der Waals surface area contributed by atoms with Crippen LogP contribution in [0.1, 0.15) is 13.8 Å². The Bertz CT molecular complexity index is 560. The number of carbonyl (C=O) groups excluding carboxylic acids is 2. The van der Waals surface area contributed by atoms with Crippen molar-refractivity contribution in [2.24, 2.45) is 0 Å². The third-order valence-corrected chi connectivity index (χ3v) is 3.99. The van der Waals surface area contributed by atoms with Crippen LogP contribution in [0.25, 0.3) is 0 Å². The van der Waals surface area contributed by atoms with Gasteiger partial charge in [0.2, 0.25) is 5.91 Å². The summed E-state index contributed by atoms with van der Waals surface area (Å²) in [6.45, 7) is 6.68. The molecule has 3 amide bonds. The number of nitrogens with one attached hydrogen (secondary N) is 2. The van der Waals surface area contributed by atoms with Crippen LogP contribution in [0.5, 0.6) is 0 Å². The fourth-order valence-corrected chi connectivity index (χ4v) is 2.58. The fraction of sp³-hybridized carbons (Fsp3) is 0.467. The molecule has 1 aromatic carbocycles. The zero-order valence-electron chi connectivity index (χ0n) is 12.9. The minimum Gasteiger partial charge on any atom is -0.375 e. The van der Waals surface area contributed by atoms with E-state index in [1.54, 1.807) is 28.0 Å². The van der Waals surface area contributed by atoms with Crippen molar-refractivity contribution in [1.29, 1.82) is 0 Å². The van der Waals surface area contributed by atoms with Crippen molar-refractivity contribution in [1.82, 2.24) is 10.2 Å². The number of benzene rings is 1. The number of amides is 3. The summed E-state index contributed by atoms with van der Waals surface area (Å²) >= 11 is 6.16. The first kappa shape index (κ1) is 16.4. The molecule has 0 bridgehead atoms. The summed E-state index contributed by atoms with van der Waals surface area (Å²) < 4.78 is 0. The molecule has 0 radical (unpaired) electrons. The molecule has 1 heterocycles. The Balaban J connectivity index is 2.07. The SMILES string of the molecule is CCN(CC)C(=O)CNc1cc(N2CCNC2=O)ccc1Cl. The Morgan fingerprint density at radius 2 is 2.14 bits per heavy atom. The second-order valence-electron chi connectivity index (χ2n) is 4.97. The molecule has 1 aliphatic heterocycles. The smallest absolute Gasteiger partial charge is 0.321 e. The molecule has 0 unspecified atom stereocenters. The molecular weight excluding hydrogens is 304 g/mol. The van der Waals surface area contributed by atoms with Crippen LogP contribution < -0.4 is 15.5 Å². The summed E-state index contributed by atoms with van der Waals surface area (Å²) in [6.07, 6.45) is 0. The normalized spacial score (nSPS) is 14.0. The van der Waals surface area contributed by atoms with Crippen LogP contribution in [0.2, 0.25) is 5.02 Å². The van der Waals surface area contributed by atoms with E-state index in [0.29, 0.717) is 36.9 Å². The molecule has 2 rings (SSSR count). The van der Waals surface area contributed by atoms with Gasteiger partial charge < -0.3 is 15.5 Å². The van der Waals surface area contributed by atoms with Crippen molar-refractivity contribution < 1.29 is 9.59 Å². The van der Waals surface area contributed by atoms with Gasteiger partial charge in [0.25, 0.3) is 0 Å². The van der Waals surface area contributed by atoms with Gasteiger partial charge in [-0.2, -0.15) is 0 Å². The Labute approximate surface area is 135 Å². The van der Waals surface area contributed by atoms with E-state index in [9.17, 15) is 9.59 Å². The summed E-state index contributed by atoms with van der Waals surface area (Å²) in [5.41, 5.74) is 1.41. The average molecular weight is 325 g/mol. The van der Waals surface area contributed by atoms with Crippen molar-refractivity contribution in [3.05, 3.63) is 23.2 Å². The van der Waals surface area contributed by atoms with Gasteiger partial charge in [-0.3, -0.25) is 9.69 Å². The molecule has 0 atom stereocenters. The first-order valence-electron chi connectivity index (χ1n) is 7.43. The maximum Gasteiger partial charge on any atom is 0.321 e. The van der Waals surface area contributed by atoms with Gasteiger partial charge in [0.05, 0.1) is 17.3 Å². The van der Waals surface area contributed by atoms with Gasteiger partial charge in [-0.15, -0.1) is 0 Å². The van der Waals surface area contributed by atoms with E-state index in [1.807, 2.05) is 13.8 Å². The number of halogens is 1. The van der Waals surface area contributed by atoms with E-state index in [1.165, 1.54) is 0 Å². The van der Waals surface area contributed by atoms with Crippen LogP contribution in [-0.2, 0) is 4.79 Å². The average Bonchev–Trinajstić information content (AvgIpc) is 2.94. The molecule has 1 aromatic rings. The first-order valence-corrected chi connectivity index (χ1v) is 7.81. The number of nitrogens with zero attached hydrogens (tertiary/aromatic N) is 2. The number of likely N-dealkylation sites (N-methyl/N-ethyl adjacent to an activating group) is 1. The van der Waals surface area contributed by atoms with Gasteiger partial charge in [0.1, 0.15) is 0 Å². The largest absolute Gasteiger partial charge is 0.375 e. The Kier molecular flexibility index (Phi) is 5.49. The summed E-state index contributed by atoms with van der Waals surface area (Å²) in [4.78, 5) is 27.1. The van der Waals surface area contributed by atoms with Crippen molar-refractivity contribution >= 4 is 34.9 Å². The highest BCUT2D eigenvalue weighted by Gasteiger charge is 2.21. The zero-order valence-corrected chi connectivity index (χ0v) is 13.6. The molecule has 1 fully saturated rings. The predicted octanol–water partition coefficient (Wildman–Crippen LogP) is 2.15. The number of carbonyl (C=O) groups is 2. The molecule has 0 aliphatic carbocycles. The van der Waals surface area contributed by atoms with E-state index < -0.39 is 0 Å². The third-order valence-electron chi connectivity index (χ3n) is 3.66. The lowest BCUT2D eigenvalue weighted by molar-refractivity contribution is -0.128. The molecule has 7 heteroatoms. The first-order chi connectivity index (χ1) is 10.6. The lowest BCUT2D eigenvalue weighted by Gasteiger charge is -2.20. The molecule has 120 valence electrons. The van der Waals surface area contributed by atoms with Crippen LogP contribution in [-0.4, -0.2) is 49.6 Å². The van der Waals surface area contributed by atoms with Gasteiger partial charge in [-0.05, 0) is 32.0 Å². The molecule has 6 nitrogen and oxygen atoms in total. The second-order valence-corrected chi connectivity index (χ2v) is 5.37. The lowest BCUT2D eigenvalue weighted by Crippen LogP contribution is -2.35. The van der Waals surface area contributed by atoms with E-state index in [-0.39, 0.29) is 18.5 Å². The Morgan fingerprint density at radius 1 is 1.41 bits per heavy atom. The predicted molar refractivity (Wildman–Crippen MR) is 88.6 cm³/mol. The maximum atomic E-state index is 12.0. The molecule has 0 saturated carbocycles. The van der Waals surface area contributed by atoms with Crippen molar-refractivity contribution in [3.63, 3.8) is 0 Å². The van der Waals surface area contributed by atoms with Crippen LogP contribution in [0, 0.1) is 0 Å². The highest BCUT2D eigenvalue weighted by atomic mass is 35.5. The monoisotopic (exact) mass is 324 g/mol. The van der Waals surface area contributed by atoms with Crippen molar-refractivity contribution in [2.75, 3.05) is 42.9 Å². The van der Waals surface area contributed by atoms with Crippen LogP contribution in [0.15, 0.2) is 18.2 Å². The zero-order chi connectivity index (χ0) is 16.1. The fourth-order valence-electron chi connectivity index (χ4n) is 2.39. The number of rotatable bonds is 6. The topological polar surface area (TPSA) is 64.7 Å². The standard InChI is InChI=1S/C15H21ClN4O2/c1-3-19(4-2)14(21)10-18-13-9-11(5-6-12(13)16)20-8-7-17-15(20)22/h5-6,9,18H,3-4,7-8,10H2,1-2H3,(H,17,22).